The molecule has 7 heteroatoms. The van der Waals surface area contributed by atoms with Crippen LogP contribution >= 0.6 is 11.8 Å². The van der Waals surface area contributed by atoms with Crippen LogP contribution in [0.3, 0.4) is 0 Å². The van der Waals surface area contributed by atoms with E-state index >= 15 is 0 Å². The second-order valence-electron chi connectivity index (χ2n) is 7.36. The lowest BCUT2D eigenvalue weighted by molar-refractivity contribution is 0.534. The Labute approximate surface area is 179 Å². The molecule has 0 atom stereocenters. The summed E-state index contributed by atoms with van der Waals surface area (Å²) in [5, 5.41) is 14.7. The van der Waals surface area contributed by atoms with Crippen molar-refractivity contribution in [2.75, 3.05) is 0 Å². The first-order chi connectivity index (χ1) is 14.8. The Hall–Kier alpha value is -3.06. The van der Waals surface area contributed by atoms with Gasteiger partial charge in [0.25, 0.3) is 0 Å². The number of rotatable bonds is 7. The Kier molecular flexibility index (Phi) is 5.04. The summed E-state index contributed by atoms with van der Waals surface area (Å²) in [6, 6.07) is 12.3. The summed E-state index contributed by atoms with van der Waals surface area (Å²) in [5.41, 5.74) is 5.97. The molecule has 0 fully saturated rings. The topological polar surface area (TPSA) is 61.7 Å². The van der Waals surface area contributed by atoms with E-state index in [9.17, 15) is 0 Å². The van der Waals surface area contributed by atoms with Crippen molar-refractivity contribution >= 4 is 11.8 Å². The number of aromatic nitrogens is 5. The number of hydrogen-bond acceptors (Lipinski definition) is 5. The van der Waals surface area contributed by atoms with Crippen LogP contribution in [0.15, 0.2) is 64.9 Å². The number of allylic oxidation sites excluding steroid dienone is 1. The van der Waals surface area contributed by atoms with Gasteiger partial charge in [0.1, 0.15) is 5.76 Å². The van der Waals surface area contributed by atoms with E-state index in [2.05, 4.69) is 50.3 Å². The molecule has 3 aromatic heterocycles. The number of benzene rings is 1. The average molecular weight is 418 g/mol. The van der Waals surface area contributed by atoms with Gasteiger partial charge < -0.3 is 4.42 Å². The lowest BCUT2D eigenvalue weighted by atomic mass is 10.2. The Balaban J connectivity index is 1.44. The zero-order valence-corrected chi connectivity index (χ0v) is 17.7. The second-order valence-corrected chi connectivity index (χ2v) is 8.30. The highest BCUT2D eigenvalue weighted by Gasteiger charge is 2.24. The first kappa shape index (κ1) is 18.9. The van der Waals surface area contributed by atoms with Gasteiger partial charge in [0.15, 0.2) is 11.0 Å². The highest BCUT2D eigenvalue weighted by molar-refractivity contribution is 7.98. The third kappa shape index (κ3) is 3.29. The molecule has 1 aromatic carbocycles. The third-order valence-electron chi connectivity index (χ3n) is 5.48. The quantitative estimate of drug-likeness (QED) is 0.313. The molecule has 3 heterocycles. The molecule has 0 spiro atoms. The van der Waals surface area contributed by atoms with Gasteiger partial charge >= 0.3 is 0 Å². The maximum Gasteiger partial charge on any atom is 0.192 e. The van der Waals surface area contributed by atoms with Crippen LogP contribution in [-0.2, 0) is 25.1 Å². The molecule has 0 saturated heterocycles. The standard InChI is InChI=1S/C23H23N5OS/c1-3-13-27-22(18-12-14-29-16(18)2)24-25-23(27)30-15-20-19-10-7-11-21(19)28(26-20)17-8-5-4-6-9-17/h3-6,8-9,12,14H,1,7,10-11,13,15H2,2H3. The SMILES string of the molecule is C=CCn1c(SCc2nn(-c3ccccc3)c3c2CCC3)nnc1-c1ccoc1C. The number of nitrogens with zero attached hydrogens (tertiary/aromatic N) is 5. The van der Waals surface area contributed by atoms with Crippen molar-refractivity contribution in [3.63, 3.8) is 0 Å². The first-order valence-electron chi connectivity index (χ1n) is 10.1. The lowest BCUT2D eigenvalue weighted by Crippen LogP contribution is -2.02. The maximum atomic E-state index is 5.46. The molecule has 30 heavy (non-hydrogen) atoms. The summed E-state index contributed by atoms with van der Waals surface area (Å²) >= 11 is 1.67. The molecular formula is C23H23N5OS. The maximum absolute atomic E-state index is 5.46. The molecular weight excluding hydrogens is 394 g/mol. The Morgan fingerprint density at radius 1 is 1.17 bits per heavy atom. The summed E-state index contributed by atoms with van der Waals surface area (Å²) in [7, 11) is 0. The van der Waals surface area contributed by atoms with Gasteiger partial charge in [-0.15, -0.1) is 16.8 Å². The number of hydrogen-bond donors (Lipinski definition) is 0. The van der Waals surface area contributed by atoms with Gasteiger partial charge in [0.05, 0.1) is 23.2 Å². The summed E-state index contributed by atoms with van der Waals surface area (Å²) in [6.07, 6.45) is 6.92. The van der Waals surface area contributed by atoms with Gasteiger partial charge in [-0.05, 0) is 49.9 Å². The third-order valence-corrected chi connectivity index (χ3v) is 6.46. The Morgan fingerprint density at radius 3 is 2.80 bits per heavy atom. The first-order valence-corrected chi connectivity index (χ1v) is 11.1. The highest BCUT2D eigenvalue weighted by Crippen LogP contribution is 2.33. The monoisotopic (exact) mass is 417 g/mol. The van der Waals surface area contributed by atoms with Crippen LogP contribution in [0.2, 0.25) is 0 Å². The van der Waals surface area contributed by atoms with E-state index in [1.54, 1.807) is 18.0 Å². The molecule has 1 aliphatic rings. The summed E-state index contributed by atoms with van der Waals surface area (Å²) < 4.78 is 9.66. The van der Waals surface area contributed by atoms with E-state index in [-0.39, 0.29) is 0 Å². The molecule has 0 saturated carbocycles. The van der Waals surface area contributed by atoms with Crippen molar-refractivity contribution < 1.29 is 4.42 Å². The van der Waals surface area contributed by atoms with Gasteiger partial charge in [-0.3, -0.25) is 4.57 Å². The van der Waals surface area contributed by atoms with Gasteiger partial charge in [0, 0.05) is 18.0 Å². The molecule has 0 bridgehead atoms. The van der Waals surface area contributed by atoms with E-state index in [4.69, 9.17) is 9.52 Å². The largest absolute Gasteiger partial charge is 0.469 e. The van der Waals surface area contributed by atoms with Crippen LogP contribution in [-0.4, -0.2) is 24.5 Å². The molecule has 0 N–H and O–H groups in total. The number of para-hydroxylation sites is 1. The van der Waals surface area contributed by atoms with E-state index in [1.807, 2.05) is 25.1 Å². The summed E-state index contributed by atoms with van der Waals surface area (Å²) in [5.74, 6) is 2.41. The summed E-state index contributed by atoms with van der Waals surface area (Å²) in [6.45, 7) is 6.48. The van der Waals surface area contributed by atoms with Crippen LogP contribution < -0.4 is 0 Å². The zero-order chi connectivity index (χ0) is 20.5. The lowest BCUT2D eigenvalue weighted by Gasteiger charge is -2.07. The van der Waals surface area contributed by atoms with Crippen LogP contribution in [0.5, 0.6) is 0 Å². The number of furan rings is 1. The van der Waals surface area contributed by atoms with E-state index in [1.165, 1.54) is 17.7 Å². The minimum Gasteiger partial charge on any atom is -0.469 e. The van der Waals surface area contributed by atoms with Crippen molar-refractivity contribution in [2.45, 2.75) is 43.6 Å². The predicted molar refractivity (Wildman–Crippen MR) is 118 cm³/mol. The summed E-state index contributed by atoms with van der Waals surface area (Å²) in [4.78, 5) is 0. The fraction of sp³-hybridized carbons (Fsp3) is 0.261. The Morgan fingerprint density at radius 2 is 2.03 bits per heavy atom. The van der Waals surface area contributed by atoms with Crippen LogP contribution in [0.4, 0.5) is 0 Å². The highest BCUT2D eigenvalue weighted by atomic mass is 32.2. The molecule has 1 aliphatic carbocycles. The van der Waals surface area contributed by atoms with Crippen molar-refractivity contribution in [3.05, 3.63) is 78.0 Å². The Bertz CT molecular complexity index is 1190. The molecule has 0 unspecified atom stereocenters. The van der Waals surface area contributed by atoms with E-state index in [0.29, 0.717) is 6.54 Å². The molecule has 0 aliphatic heterocycles. The molecule has 5 rings (SSSR count). The van der Waals surface area contributed by atoms with Gasteiger partial charge in [-0.25, -0.2) is 4.68 Å². The van der Waals surface area contributed by atoms with Crippen molar-refractivity contribution in [2.24, 2.45) is 0 Å². The van der Waals surface area contributed by atoms with E-state index < -0.39 is 0 Å². The van der Waals surface area contributed by atoms with Crippen molar-refractivity contribution in [1.29, 1.82) is 0 Å². The van der Waals surface area contributed by atoms with Crippen molar-refractivity contribution in [1.82, 2.24) is 24.5 Å². The number of fused-ring (bicyclic) bond motifs is 1. The predicted octanol–water partition coefficient (Wildman–Crippen LogP) is 5.00. The van der Waals surface area contributed by atoms with Gasteiger partial charge in [-0.2, -0.15) is 5.10 Å². The minimum atomic E-state index is 0.645. The van der Waals surface area contributed by atoms with E-state index in [0.717, 1.165) is 52.3 Å². The van der Waals surface area contributed by atoms with Gasteiger partial charge in [0.2, 0.25) is 0 Å². The zero-order valence-electron chi connectivity index (χ0n) is 16.9. The molecule has 6 nitrogen and oxygen atoms in total. The van der Waals surface area contributed by atoms with Crippen molar-refractivity contribution in [3.8, 4) is 17.1 Å². The number of thioether (sulfide) groups is 1. The normalized spacial score (nSPS) is 13.0. The van der Waals surface area contributed by atoms with Crippen LogP contribution in [0.1, 0.15) is 29.1 Å². The van der Waals surface area contributed by atoms with Crippen LogP contribution in [0.25, 0.3) is 17.1 Å². The van der Waals surface area contributed by atoms with Crippen LogP contribution in [0, 0.1) is 6.92 Å². The second kappa shape index (κ2) is 7.99. The minimum absolute atomic E-state index is 0.645. The number of aryl methyl sites for hydroxylation is 1. The fourth-order valence-electron chi connectivity index (χ4n) is 4.05. The molecule has 0 radical (unpaired) electrons. The smallest absolute Gasteiger partial charge is 0.192 e. The molecule has 152 valence electrons. The molecule has 0 amide bonds. The fourth-order valence-corrected chi connectivity index (χ4v) is 4.96. The van der Waals surface area contributed by atoms with Gasteiger partial charge in [-0.1, -0.05) is 36.0 Å². The average Bonchev–Trinajstić information content (AvgIpc) is 3.53. The molecule has 4 aromatic rings.